The first-order chi connectivity index (χ1) is 4.81. The van der Waals surface area contributed by atoms with Crippen LogP contribution in [-0.4, -0.2) is 18.9 Å². The van der Waals surface area contributed by atoms with Crippen LogP contribution < -0.4 is 5.32 Å². The Morgan fingerprint density at radius 1 is 1.30 bits per heavy atom. The van der Waals surface area contributed by atoms with E-state index in [-0.39, 0.29) is 5.79 Å². The predicted molar refractivity (Wildman–Crippen MR) is 36.1 cm³/mol. The minimum absolute atomic E-state index is 0.289. The standard InChI is InChI=1S/C7H11NO2/c1-6-9-7(10-6)2-4-8-5-3-7/h8H,1-5H2. The third-order valence-corrected chi connectivity index (χ3v) is 1.97. The lowest BCUT2D eigenvalue weighted by Crippen LogP contribution is -2.51. The van der Waals surface area contributed by atoms with E-state index in [1.54, 1.807) is 0 Å². The van der Waals surface area contributed by atoms with Crippen molar-refractivity contribution in [1.29, 1.82) is 0 Å². The fourth-order valence-electron chi connectivity index (χ4n) is 1.43. The Balaban J connectivity index is 1.96. The molecule has 56 valence electrons. The molecule has 10 heavy (non-hydrogen) atoms. The van der Waals surface area contributed by atoms with Gasteiger partial charge in [-0.05, 0) is 6.58 Å². The summed E-state index contributed by atoms with van der Waals surface area (Å²) in [5, 5.41) is 3.23. The van der Waals surface area contributed by atoms with Gasteiger partial charge in [-0.1, -0.05) is 0 Å². The molecule has 0 unspecified atom stereocenters. The van der Waals surface area contributed by atoms with E-state index in [2.05, 4.69) is 11.9 Å². The number of hydrogen-bond donors (Lipinski definition) is 1. The SMILES string of the molecule is C=C1OC2(CCNCC2)O1. The molecule has 3 heteroatoms. The second-order valence-corrected chi connectivity index (χ2v) is 2.74. The minimum atomic E-state index is -0.289. The monoisotopic (exact) mass is 141 g/mol. The molecule has 2 saturated heterocycles. The summed E-state index contributed by atoms with van der Waals surface area (Å²) in [6.07, 6.45) is 1.87. The molecule has 0 atom stereocenters. The van der Waals surface area contributed by atoms with Crippen molar-refractivity contribution in [3.8, 4) is 0 Å². The third kappa shape index (κ3) is 0.778. The van der Waals surface area contributed by atoms with Crippen LogP contribution in [0.5, 0.6) is 0 Å². The molecule has 0 saturated carbocycles. The molecule has 0 bridgehead atoms. The molecule has 1 N–H and O–H groups in total. The van der Waals surface area contributed by atoms with Crippen LogP contribution >= 0.6 is 0 Å². The zero-order chi connectivity index (χ0) is 7.03. The summed E-state index contributed by atoms with van der Waals surface area (Å²) in [5.41, 5.74) is 0. The predicted octanol–water partition coefficient (Wildman–Crippen LogP) is 0.584. The summed E-state index contributed by atoms with van der Waals surface area (Å²) in [6.45, 7) is 5.50. The number of piperidine rings is 1. The Bertz CT molecular complexity index is 151. The van der Waals surface area contributed by atoms with Crippen molar-refractivity contribution in [3.63, 3.8) is 0 Å². The average molecular weight is 141 g/mol. The van der Waals surface area contributed by atoms with Crippen molar-refractivity contribution >= 4 is 0 Å². The number of rotatable bonds is 0. The van der Waals surface area contributed by atoms with Crippen molar-refractivity contribution < 1.29 is 9.47 Å². The van der Waals surface area contributed by atoms with Crippen LogP contribution in [0, 0.1) is 0 Å². The lowest BCUT2D eigenvalue weighted by atomic mass is 10.0. The van der Waals surface area contributed by atoms with Gasteiger partial charge in [0.2, 0.25) is 0 Å². The van der Waals surface area contributed by atoms with Gasteiger partial charge in [-0.15, -0.1) is 0 Å². The summed E-state index contributed by atoms with van der Waals surface area (Å²) in [5.74, 6) is 0.185. The van der Waals surface area contributed by atoms with Gasteiger partial charge in [-0.3, -0.25) is 0 Å². The highest BCUT2D eigenvalue weighted by atomic mass is 16.9. The summed E-state index contributed by atoms with van der Waals surface area (Å²) >= 11 is 0. The van der Waals surface area contributed by atoms with E-state index in [9.17, 15) is 0 Å². The molecular weight excluding hydrogens is 130 g/mol. The summed E-state index contributed by atoms with van der Waals surface area (Å²) in [6, 6.07) is 0. The first kappa shape index (κ1) is 6.04. The van der Waals surface area contributed by atoms with Crippen LogP contribution in [-0.2, 0) is 9.47 Å². The van der Waals surface area contributed by atoms with Crippen LogP contribution in [0.15, 0.2) is 12.5 Å². The Morgan fingerprint density at radius 2 is 1.90 bits per heavy atom. The summed E-state index contributed by atoms with van der Waals surface area (Å²) in [4.78, 5) is 0. The Kier molecular flexibility index (Phi) is 1.14. The fourth-order valence-corrected chi connectivity index (χ4v) is 1.43. The lowest BCUT2D eigenvalue weighted by molar-refractivity contribution is -0.341. The van der Waals surface area contributed by atoms with Crippen LogP contribution in [0.1, 0.15) is 12.8 Å². The molecule has 0 aromatic heterocycles. The van der Waals surface area contributed by atoms with Crippen LogP contribution in [0.2, 0.25) is 0 Å². The maximum Gasteiger partial charge on any atom is 0.278 e. The van der Waals surface area contributed by atoms with Gasteiger partial charge >= 0.3 is 0 Å². The molecule has 2 rings (SSSR count). The molecule has 3 nitrogen and oxygen atoms in total. The molecule has 0 aromatic carbocycles. The molecule has 1 spiro atoms. The molecule has 2 fully saturated rings. The van der Waals surface area contributed by atoms with E-state index < -0.39 is 0 Å². The third-order valence-electron chi connectivity index (χ3n) is 1.97. The maximum absolute atomic E-state index is 5.31. The largest absolute Gasteiger partial charge is 0.422 e. The van der Waals surface area contributed by atoms with Gasteiger partial charge in [0.25, 0.3) is 11.7 Å². The molecule has 2 heterocycles. The maximum atomic E-state index is 5.31. The quantitative estimate of drug-likeness (QED) is 0.535. The zero-order valence-corrected chi connectivity index (χ0v) is 5.85. The second kappa shape index (κ2) is 1.89. The number of nitrogens with one attached hydrogen (secondary N) is 1. The zero-order valence-electron chi connectivity index (χ0n) is 5.85. The van der Waals surface area contributed by atoms with Crippen LogP contribution in [0.25, 0.3) is 0 Å². The molecule has 0 aromatic rings. The van der Waals surface area contributed by atoms with Gasteiger partial charge in [-0.25, -0.2) is 0 Å². The summed E-state index contributed by atoms with van der Waals surface area (Å²) in [7, 11) is 0. The highest BCUT2D eigenvalue weighted by Gasteiger charge is 2.45. The topological polar surface area (TPSA) is 30.5 Å². The van der Waals surface area contributed by atoms with E-state index in [0.29, 0.717) is 5.95 Å². The van der Waals surface area contributed by atoms with Crippen LogP contribution in [0.4, 0.5) is 0 Å². The highest BCUT2D eigenvalue weighted by Crippen LogP contribution is 2.37. The van der Waals surface area contributed by atoms with Gasteiger partial charge in [0.1, 0.15) is 0 Å². The molecule has 2 aliphatic rings. The molecule has 0 amide bonds. The van der Waals surface area contributed by atoms with Crippen molar-refractivity contribution in [2.45, 2.75) is 18.6 Å². The first-order valence-corrected chi connectivity index (χ1v) is 3.58. The van der Waals surface area contributed by atoms with E-state index in [1.165, 1.54) is 0 Å². The molecule has 0 aliphatic carbocycles. The molecule has 0 radical (unpaired) electrons. The van der Waals surface area contributed by atoms with Gasteiger partial charge in [0.15, 0.2) is 0 Å². The molecular formula is C7H11NO2. The lowest BCUT2D eigenvalue weighted by Gasteiger charge is -2.45. The van der Waals surface area contributed by atoms with Crippen molar-refractivity contribution in [1.82, 2.24) is 5.32 Å². The summed E-state index contributed by atoms with van der Waals surface area (Å²) < 4.78 is 10.6. The Morgan fingerprint density at radius 3 is 2.40 bits per heavy atom. The van der Waals surface area contributed by atoms with Gasteiger partial charge in [-0.2, -0.15) is 0 Å². The van der Waals surface area contributed by atoms with Crippen molar-refractivity contribution in [3.05, 3.63) is 12.5 Å². The van der Waals surface area contributed by atoms with Crippen molar-refractivity contribution in [2.24, 2.45) is 0 Å². The number of ether oxygens (including phenoxy) is 2. The number of hydrogen-bond acceptors (Lipinski definition) is 3. The van der Waals surface area contributed by atoms with Crippen LogP contribution in [0.3, 0.4) is 0 Å². The second-order valence-electron chi connectivity index (χ2n) is 2.74. The normalized spacial score (nSPS) is 28.6. The fraction of sp³-hybridized carbons (Fsp3) is 0.714. The van der Waals surface area contributed by atoms with Crippen molar-refractivity contribution in [2.75, 3.05) is 13.1 Å². The van der Waals surface area contributed by atoms with E-state index >= 15 is 0 Å². The van der Waals surface area contributed by atoms with Gasteiger partial charge in [0, 0.05) is 25.9 Å². The van der Waals surface area contributed by atoms with Gasteiger partial charge in [0.05, 0.1) is 0 Å². The Labute approximate surface area is 60.0 Å². The minimum Gasteiger partial charge on any atom is -0.422 e. The molecule has 2 aliphatic heterocycles. The van der Waals surface area contributed by atoms with E-state index in [4.69, 9.17) is 9.47 Å². The van der Waals surface area contributed by atoms with Gasteiger partial charge < -0.3 is 14.8 Å². The smallest absolute Gasteiger partial charge is 0.278 e. The van der Waals surface area contributed by atoms with E-state index in [0.717, 1.165) is 25.9 Å². The average Bonchev–Trinajstić information content (AvgIpc) is 1.87. The van der Waals surface area contributed by atoms with E-state index in [1.807, 2.05) is 0 Å². The Hall–Kier alpha value is -0.700. The first-order valence-electron chi connectivity index (χ1n) is 3.58. The highest BCUT2D eigenvalue weighted by molar-refractivity contribution is 4.93.